The van der Waals surface area contributed by atoms with Crippen molar-refractivity contribution in [3.05, 3.63) is 54.9 Å². The van der Waals surface area contributed by atoms with Gasteiger partial charge >= 0.3 is 0 Å². The van der Waals surface area contributed by atoms with Gasteiger partial charge in [-0.15, -0.1) is 0 Å². The average Bonchev–Trinajstić information content (AvgIpc) is 2.27. The standard InChI is InChI=1S/C11H16N4/c1-9(13-12)8-10(2)14-15-11-6-4-3-5-7-11/h3-7,13-15H,1-2,8,12H2. The number of nitrogens with one attached hydrogen (secondary N) is 3. The van der Waals surface area contributed by atoms with Gasteiger partial charge < -0.3 is 16.3 Å². The molecular formula is C11H16N4. The second-order valence-corrected chi connectivity index (χ2v) is 3.14. The summed E-state index contributed by atoms with van der Waals surface area (Å²) in [5.74, 6) is 5.19. The van der Waals surface area contributed by atoms with E-state index in [1.54, 1.807) is 0 Å². The van der Waals surface area contributed by atoms with Gasteiger partial charge in [0.1, 0.15) is 0 Å². The predicted molar refractivity (Wildman–Crippen MR) is 63.4 cm³/mol. The van der Waals surface area contributed by atoms with Crippen LogP contribution in [-0.2, 0) is 0 Å². The van der Waals surface area contributed by atoms with E-state index in [0.29, 0.717) is 12.1 Å². The van der Waals surface area contributed by atoms with Gasteiger partial charge in [0.25, 0.3) is 0 Å². The first kappa shape index (κ1) is 11.1. The molecule has 0 aliphatic carbocycles. The Morgan fingerprint density at radius 3 is 2.40 bits per heavy atom. The van der Waals surface area contributed by atoms with Crippen LogP contribution in [0.3, 0.4) is 0 Å². The van der Waals surface area contributed by atoms with Crippen molar-refractivity contribution in [2.45, 2.75) is 6.42 Å². The van der Waals surface area contributed by atoms with E-state index in [9.17, 15) is 0 Å². The summed E-state index contributed by atoms with van der Waals surface area (Å²) in [5.41, 5.74) is 10.9. The van der Waals surface area contributed by atoms with Gasteiger partial charge in [-0.3, -0.25) is 5.84 Å². The number of hydrogen-bond donors (Lipinski definition) is 4. The highest BCUT2D eigenvalue weighted by Crippen LogP contribution is 2.05. The van der Waals surface area contributed by atoms with Gasteiger partial charge in [0, 0.05) is 17.8 Å². The fourth-order valence-corrected chi connectivity index (χ4v) is 1.03. The number of benzene rings is 1. The van der Waals surface area contributed by atoms with Crippen LogP contribution in [0.4, 0.5) is 5.69 Å². The third-order valence-electron chi connectivity index (χ3n) is 1.79. The zero-order valence-electron chi connectivity index (χ0n) is 8.59. The van der Waals surface area contributed by atoms with Gasteiger partial charge in [-0.2, -0.15) is 0 Å². The van der Waals surface area contributed by atoms with Crippen LogP contribution < -0.4 is 22.1 Å². The van der Waals surface area contributed by atoms with E-state index in [2.05, 4.69) is 29.4 Å². The third kappa shape index (κ3) is 4.19. The van der Waals surface area contributed by atoms with E-state index in [-0.39, 0.29) is 0 Å². The van der Waals surface area contributed by atoms with Crippen molar-refractivity contribution >= 4 is 5.69 Å². The lowest BCUT2D eigenvalue weighted by Gasteiger charge is -2.12. The molecule has 5 N–H and O–H groups in total. The minimum atomic E-state index is 0.580. The van der Waals surface area contributed by atoms with Crippen LogP contribution in [0.5, 0.6) is 0 Å². The minimum Gasteiger partial charge on any atom is -0.328 e. The number of hydrogen-bond acceptors (Lipinski definition) is 4. The summed E-state index contributed by atoms with van der Waals surface area (Å²) in [6.07, 6.45) is 0.580. The maximum atomic E-state index is 5.19. The Balaban J connectivity index is 2.32. The molecule has 0 heterocycles. The van der Waals surface area contributed by atoms with Crippen LogP contribution in [0, 0.1) is 0 Å². The summed E-state index contributed by atoms with van der Waals surface area (Å²) < 4.78 is 0. The van der Waals surface area contributed by atoms with Crippen LogP contribution in [0.15, 0.2) is 54.9 Å². The molecule has 0 aliphatic rings. The molecule has 1 rings (SSSR count). The number of anilines is 1. The molecule has 0 saturated carbocycles. The van der Waals surface area contributed by atoms with Crippen molar-refractivity contribution < 1.29 is 0 Å². The van der Waals surface area contributed by atoms with Gasteiger partial charge in [-0.1, -0.05) is 31.4 Å². The molecule has 0 bridgehead atoms. The highest BCUT2D eigenvalue weighted by atomic mass is 15.4. The Hall–Kier alpha value is -1.94. The molecule has 15 heavy (non-hydrogen) atoms. The van der Waals surface area contributed by atoms with E-state index in [1.807, 2.05) is 30.3 Å². The monoisotopic (exact) mass is 204 g/mol. The lowest BCUT2D eigenvalue weighted by Crippen LogP contribution is -2.25. The van der Waals surface area contributed by atoms with Gasteiger partial charge in [0.2, 0.25) is 0 Å². The molecule has 0 spiro atoms. The summed E-state index contributed by atoms with van der Waals surface area (Å²) in [4.78, 5) is 0. The maximum absolute atomic E-state index is 5.19. The Morgan fingerprint density at radius 1 is 1.13 bits per heavy atom. The van der Waals surface area contributed by atoms with Gasteiger partial charge in [-0.25, -0.2) is 0 Å². The fraction of sp³-hybridized carbons (Fsp3) is 0.0909. The molecule has 0 aliphatic heterocycles. The summed E-state index contributed by atoms with van der Waals surface area (Å²) in [5, 5.41) is 0. The molecule has 0 aromatic heterocycles. The molecule has 0 amide bonds. The molecule has 0 atom stereocenters. The highest BCUT2D eigenvalue weighted by Gasteiger charge is 1.95. The number of para-hydroxylation sites is 1. The van der Waals surface area contributed by atoms with E-state index < -0.39 is 0 Å². The fourth-order valence-electron chi connectivity index (χ4n) is 1.03. The smallest absolute Gasteiger partial charge is 0.0539 e. The first-order valence-electron chi connectivity index (χ1n) is 4.61. The van der Waals surface area contributed by atoms with Gasteiger partial charge in [-0.05, 0) is 12.1 Å². The second kappa shape index (κ2) is 5.72. The second-order valence-electron chi connectivity index (χ2n) is 3.14. The van der Waals surface area contributed by atoms with Crippen LogP contribution in [0.25, 0.3) is 0 Å². The predicted octanol–water partition coefficient (Wildman–Crippen LogP) is 1.48. The quantitative estimate of drug-likeness (QED) is 0.419. The zero-order chi connectivity index (χ0) is 11.1. The largest absolute Gasteiger partial charge is 0.328 e. The number of nitrogens with two attached hydrogens (primary N) is 1. The zero-order valence-corrected chi connectivity index (χ0v) is 8.59. The van der Waals surface area contributed by atoms with E-state index >= 15 is 0 Å². The van der Waals surface area contributed by atoms with Crippen molar-refractivity contribution in [1.29, 1.82) is 0 Å². The Bertz CT molecular complexity index is 332. The molecule has 80 valence electrons. The van der Waals surface area contributed by atoms with Crippen molar-refractivity contribution in [3.63, 3.8) is 0 Å². The Morgan fingerprint density at radius 2 is 1.80 bits per heavy atom. The van der Waals surface area contributed by atoms with Gasteiger partial charge in [0.05, 0.1) is 5.69 Å². The molecular weight excluding hydrogens is 188 g/mol. The van der Waals surface area contributed by atoms with E-state index in [0.717, 1.165) is 11.4 Å². The third-order valence-corrected chi connectivity index (χ3v) is 1.79. The SMILES string of the molecule is C=C(CC(=C)NNc1ccccc1)NN. The Kier molecular flexibility index (Phi) is 4.25. The number of hydrazine groups is 2. The van der Waals surface area contributed by atoms with E-state index in [4.69, 9.17) is 5.84 Å². The molecule has 1 aromatic rings. The summed E-state index contributed by atoms with van der Waals surface area (Å²) in [6, 6.07) is 9.77. The lowest BCUT2D eigenvalue weighted by atomic mass is 10.3. The van der Waals surface area contributed by atoms with Crippen molar-refractivity contribution in [2.75, 3.05) is 5.43 Å². The first-order valence-corrected chi connectivity index (χ1v) is 4.61. The number of rotatable bonds is 6. The van der Waals surface area contributed by atoms with Crippen LogP contribution in [-0.4, -0.2) is 0 Å². The molecule has 4 heteroatoms. The topological polar surface area (TPSA) is 62.1 Å². The first-order chi connectivity index (χ1) is 7.22. The highest BCUT2D eigenvalue weighted by molar-refractivity contribution is 5.41. The normalized spacial score (nSPS) is 9.13. The van der Waals surface area contributed by atoms with Crippen LogP contribution >= 0.6 is 0 Å². The van der Waals surface area contributed by atoms with Crippen LogP contribution in [0.2, 0.25) is 0 Å². The van der Waals surface area contributed by atoms with Crippen LogP contribution in [0.1, 0.15) is 6.42 Å². The van der Waals surface area contributed by atoms with Crippen molar-refractivity contribution in [2.24, 2.45) is 5.84 Å². The summed E-state index contributed by atoms with van der Waals surface area (Å²) in [6.45, 7) is 7.53. The molecule has 0 fully saturated rings. The molecule has 0 radical (unpaired) electrons. The van der Waals surface area contributed by atoms with Crippen molar-refractivity contribution in [1.82, 2.24) is 10.9 Å². The summed E-state index contributed by atoms with van der Waals surface area (Å²) >= 11 is 0. The lowest BCUT2D eigenvalue weighted by molar-refractivity contribution is 0.803. The molecule has 1 aromatic carbocycles. The molecule has 0 unspecified atom stereocenters. The summed E-state index contributed by atoms with van der Waals surface area (Å²) in [7, 11) is 0. The van der Waals surface area contributed by atoms with Crippen molar-refractivity contribution in [3.8, 4) is 0 Å². The average molecular weight is 204 g/mol. The molecule has 0 saturated heterocycles. The van der Waals surface area contributed by atoms with Gasteiger partial charge in [0.15, 0.2) is 0 Å². The maximum Gasteiger partial charge on any atom is 0.0539 e. The molecule has 4 nitrogen and oxygen atoms in total. The Labute approximate surface area is 89.8 Å². The minimum absolute atomic E-state index is 0.580. The van der Waals surface area contributed by atoms with E-state index in [1.165, 1.54) is 0 Å².